The van der Waals surface area contributed by atoms with E-state index in [1.165, 1.54) is 16.2 Å². The third-order valence-electron chi connectivity index (χ3n) is 6.66. The molecule has 1 saturated heterocycles. The van der Waals surface area contributed by atoms with E-state index in [4.69, 9.17) is 14.2 Å². The topological polar surface area (TPSA) is 68.3 Å². The third kappa shape index (κ3) is 5.58. The van der Waals surface area contributed by atoms with Gasteiger partial charge in [0.15, 0.2) is 0 Å². The van der Waals surface area contributed by atoms with E-state index in [-0.39, 0.29) is 30.5 Å². The van der Waals surface area contributed by atoms with Crippen LogP contribution in [-0.4, -0.2) is 67.7 Å². The van der Waals surface area contributed by atoms with E-state index in [2.05, 4.69) is 11.4 Å². The van der Waals surface area contributed by atoms with Crippen LogP contribution in [0, 0.1) is 0 Å². The second-order valence-electron chi connectivity index (χ2n) is 8.94. The molecule has 2 aliphatic rings. The van der Waals surface area contributed by atoms with Crippen LogP contribution in [0.4, 0.5) is 0 Å². The fourth-order valence-electron chi connectivity index (χ4n) is 4.80. The number of hydrogen-bond donors (Lipinski definition) is 0. The van der Waals surface area contributed by atoms with Gasteiger partial charge in [-0.15, -0.1) is 22.7 Å². The number of nitrogens with zero attached hydrogens (tertiary/aromatic N) is 2. The van der Waals surface area contributed by atoms with Gasteiger partial charge < -0.3 is 24.0 Å². The van der Waals surface area contributed by atoms with Crippen molar-refractivity contribution in [2.75, 3.05) is 40.0 Å². The summed E-state index contributed by atoms with van der Waals surface area (Å²) in [5.41, 5.74) is 1.12. The standard InChI is InChI=1S/C27H30N2O5S2/c1-32-19-5-2-6-20(15-19)34-18-23-22-10-14-36-24(22)9-11-29(23)26(30)17-28(16-21-7-3-12-33-21)27(31)25-8-4-13-35-25/h2,4-6,8,10,13-15,21,23H,3,7,9,11-12,16-18H2,1H3. The Morgan fingerprint density at radius 1 is 1.14 bits per heavy atom. The third-order valence-corrected chi connectivity index (χ3v) is 8.51. The summed E-state index contributed by atoms with van der Waals surface area (Å²) in [6.07, 6.45) is 2.66. The van der Waals surface area contributed by atoms with Gasteiger partial charge in [-0.25, -0.2) is 0 Å². The zero-order chi connectivity index (χ0) is 24.9. The molecule has 7 nitrogen and oxygen atoms in total. The molecule has 0 saturated carbocycles. The minimum atomic E-state index is -0.222. The number of carbonyl (C=O) groups is 2. The van der Waals surface area contributed by atoms with Crippen LogP contribution in [-0.2, 0) is 16.0 Å². The molecule has 1 aromatic carbocycles. The highest BCUT2D eigenvalue weighted by atomic mass is 32.1. The van der Waals surface area contributed by atoms with Crippen LogP contribution < -0.4 is 9.47 Å². The Hall–Kier alpha value is -2.88. The monoisotopic (exact) mass is 526 g/mol. The molecule has 4 heterocycles. The van der Waals surface area contributed by atoms with E-state index in [0.29, 0.717) is 36.9 Å². The molecule has 3 aromatic rings. The number of fused-ring (bicyclic) bond motifs is 1. The average Bonchev–Trinajstić information content (AvgIpc) is 3.69. The van der Waals surface area contributed by atoms with E-state index >= 15 is 0 Å². The lowest BCUT2D eigenvalue weighted by Gasteiger charge is -2.37. The lowest BCUT2D eigenvalue weighted by atomic mass is 10.0. The molecule has 2 amide bonds. The number of hydrogen-bond acceptors (Lipinski definition) is 7. The number of rotatable bonds is 9. The number of amides is 2. The largest absolute Gasteiger partial charge is 0.497 e. The molecule has 0 bridgehead atoms. The van der Waals surface area contributed by atoms with Crippen molar-refractivity contribution < 1.29 is 23.8 Å². The van der Waals surface area contributed by atoms with Gasteiger partial charge in [-0.3, -0.25) is 9.59 Å². The predicted molar refractivity (Wildman–Crippen MR) is 140 cm³/mol. The SMILES string of the molecule is COc1cccc(OCC2c3ccsc3CCN2C(=O)CN(CC2CCCO2)C(=O)c2cccs2)c1. The van der Waals surface area contributed by atoms with Gasteiger partial charge in [-0.1, -0.05) is 12.1 Å². The van der Waals surface area contributed by atoms with Crippen molar-refractivity contribution in [3.05, 3.63) is 68.5 Å². The molecule has 2 aromatic heterocycles. The molecule has 190 valence electrons. The van der Waals surface area contributed by atoms with E-state index < -0.39 is 0 Å². The molecule has 2 aliphatic heterocycles. The Balaban J connectivity index is 1.33. The maximum atomic E-state index is 13.7. The fraction of sp³-hybridized carbons (Fsp3) is 0.407. The summed E-state index contributed by atoms with van der Waals surface area (Å²) in [4.78, 5) is 32.5. The summed E-state index contributed by atoms with van der Waals surface area (Å²) in [6, 6.07) is 13.0. The molecular weight excluding hydrogens is 496 g/mol. The Kier molecular flexibility index (Phi) is 7.89. The van der Waals surface area contributed by atoms with Crippen LogP contribution >= 0.6 is 22.7 Å². The average molecular weight is 527 g/mol. The van der Waals surface area contributed by atoms with Gasteiger partial charge in [0.2, 0.25) is 5.91 Å². The Bertz CT molecular complexity index is 1170. The van der Waals surface area contributed by atoms with Crippen molar-refractivity contribution >= 4 is 34.5 Å². The van der Waals surface area contributed by atoms with E-state index in [1.807, 2.05) is 46.7 Å². The van der Waals surface area contributed by atoms with Gasteiger partial charge in [-0.05, 0) is 59.9 Å². The zero-order valence-electron chi connectivity index (χ0n) is 20.3. The smallest absolute Gasteiger partial charge is 0.264 e. The molecule has 5 rings (SSSR count). The number of benzene rings is 1. The van der Waals surface area contributed by atoms with Crippen LogP contribution in [0.3, 0.4) is 0 Å². The van der Waals surface area contributed by atoms with E-state index in [0.717, 1.165) is 30.6 Å². The van der Waals surface area contributed by atoms with Crippen molar-refractivity contribution in [3.8, 4) is 11.5 Å². The molecule has 1 fully saturated rings. The first-order chi connectivity index (χ1) is 17.6. The first-order valence-electron chi connectivity index (χ1n) is 12.2. The van der Waals surface area contributed by atoms with Crippen molar-refractivity contribution in [1.29, 1.82) is 0 Å². The van der Waals surface area contributed by atoms with Gasteiger partial charge in [0.25, 0.3) is 5.91 Å². The normalized spacial score (nSPS) is 19.1. The van der Waals surface area contributed by atoms with Gasteiger partial charge in [0.1, 0.15) is 24.7 Å². The Morgan fingerprint density at radius 3 is 2.81 bits per heavy atom. The van der Waals surface area contributed by atoms with Crippen molar-refractivity contribution in [3.63, 3.8) is 0 Å². The van der Waals surface area contributed by atoms with Crippen molar-refractivity contribution in [1.82, 2.24) is 9.80 Å². The first-order valence-corrected chi connectivity index (χ1v) is 14.0. The summed E-state index contributed by atoms with van der Waals surface area (Å²) in [5.74, 6) is 1.22. The molecule has 36 heavy (non-hydrogen) atoms. The number of carbonyl (C=O) groups excluding carboxylic acids is 2. The highest BCUT2D eigenvalue weighted by Gasteiger charge is 2.34. The molecule has 2 atom stereocenters. The summed E-state index contributed by atoms with van der Waals surface area (Å²) < 4.78 is 17.3. The van der Waals surface area contributed by atoms with Crippen molar-refractivity contribution in [2.45, 2.75) is 31.4 Å². The van der Waals surface area contributed by atoms with Crippen molar-refractivity contribution in [2.24, 2.45) is 0 Å². The van der Waals surface area contributed by atoms with Gasteiger partial charge in [0, 0.05) is 30.6 Å². The van der Waals surface area contributed by atoms with Gasteiger partial charge in [0.05, 0.1) is 24.1 Å². The van der Waals surface area contributed by atoms with Crippen LogP contribution in [0.1, 0.15) is 39.0 Å². The van der Waals surface area contributed by atoms with E-state index in [9.17, 15) is 9.59 Å². The lowest BCUT2D eigenvalue weighted by Crippen LogP contribution is -2.49. The zero-order valence-corrected chi connectivity index (χ0v) is 21.9. The summed E-state index contributed by atoms with van der Waals surface area (Å²) in [5, 5.41) is 3.95. The highest BCUT2D eigenvalue weighted by Crippen LogP contribution is 2.34. The Morgan fingerprint density at radius 2 is 2.03 bits per heavy atom. The van der Waals surface area contributed by atoms with Crippen LogP contribution in [0.15, 0.2) is 53.2 Å². The molecule has 0 radical (unpaired) electrons. The molecule has 2 unspecified atom stereocenters. The quantitative estimate of drug-likeness (QED) is 0.406. The first kappa shape index (κ1) is 24.8. The van der Waals surface area contributed by atoms with Gasteiger partial charge >= 0.3 is 0 Å². The van der Waals surface area contributed by atoms with Crippen LogP contribution in [0.2, 0.25) is 0 Å². The summed E-state index contributed by atoms with van der Waals surface area (Å²) >= 11 is 3.11. The number of thiophene rings is 2. The number of methoxy groups -OCH3 is 1. The molecule has 0 spiro atoms. The fourth-order valence-corrected chi connectivity index (χ4v) is 6.42. The molecule has 0 N–H and O–H groups in total. The lowest BCUT2D eigenvalue weighted by molar-refractivity contribution is -0.135. The maximum absolute atomic E-state index is 13.7. The van der Waals surface area contributed by atoms with E-state index in [1.54, 1.807) is 23.3 Å². The molecule has 9 heteroatoms. The summed E-state index contributed by atoms with van der Waals surface area (Å²) in [7, 11) is 1.62. The minimum absolute atomic E-state index is 0.0196. The minimum Gasteiger partial charge on any atom is -0.497 e. The second-order valence-corrected chi connectivity index (χ2v) is 10.9. The summed E-state index contributed by atoms with van der Waals surface area (Å²) in [6.45, 7) is 2.07. The maximum Gasteiger partial charge on any atom is 0.264 e. The highest BCUT2D eigenvalue weighted by molar-refractivity contribution is 7.12. The predicted octanol–water partition coefficient (Wildman–Crippen LogP) is 4.64. The van der Waals surface area contributed by atoms with Crippen LogP contribution in [0.25, 0.3) is 0 Å². The Labute approximate surface area is 219 Å². The second kappa shape index (κ2) is 11.5. The molecular formula is C27H30N2O5S2. The van der Waals surface area contributed by atoms with Crippen LogP contribution in [0.5, 0.6) is 11.5 Å². The van der Waals surface area contributed by atoms with Gasteiger partial charge in [-0.2, -0.15) is 0 Å². The molecule has 0 aliphatic carbocycles. The number of ether oxygens (including phenoxy) is 3.